The summed E-state index contributed by atoms with van der Waals surface area (Å²) in [5, 5.41) is 9.15. The minimum Gasteiger partial charge on any atom is -0.390 e. The summed E-state index contributed by atoms with van der Waals surface area (Å²) < 4.78 is 2.00. The first kappa shape index (κ1) is 9.99. The van der Waals surface area contributed by atoms with Gasteiger partial charge in [-0.3, -0.25) is 0 Å². The van der Waals surface area contributed by atoms with Gasteiger partial charge in [0.15, 0.2) is 0 Å². The van der Waals surface area contributed by atoms with E-state index in [9.17, 15) is 0 Å². The van der Waals surface area contributed by atoms with Crippen LogP contribution in [0.5, 0.6) is 0 Å². The summed E-state index contributed by atoms with van der Waals surface area (Å²) >= 11 is 0. The third-order valence-corrected chi connectivity index (χ3v) is 2.62. The van der Waals surface area contributed by atoms with E-state index < -0.39 is 0 Å². The highest BCUT2D eigenvalue weighted by Gasteiger charge is 2.01. The standard InChI is InChI=1S/C13H15NO/c1-2-11-5-7-12(8-6-11)14-9-3-4-13(14)10-15/h3-9,15H,2,10H2,1H3. The molecule has 2 rings (SSSR count). The van der Waals surface area contributed by atoms with Crippen molar-refractivity contribution in [3.8, 4) is 5.69 Å². The van der Waals surface area contributed by atoms with E-state index in [1.807, 2.05) is 22.9 Å². The predicted octanol–water partition coefficient (Wildman–Crippen LogP) is 2.53. The van der Waals surface area contributed by atoms with Gasteiger partial charge in [0.05, 0.1) is 6.61 Å². The minimum absolute atomic E-state index is 0.0720. The van der Waals surface area contributed by atoms with Crippen molar-refractivity contribution in [2.75, 3.05) is 0 Å². The first-order valence-corrected chi connectivity index (χ1v) is 5.21. The minimum atomic E-state index is 0.0720. The van der Waals surface area contributed by atoms with Gasteiger partial charge >= 0.3 is 0 Å². The van der Waals surface area contributed by atoms with Gasteiger partial charge in [-0.2, -0.15) is 0 Å². The van der Waals surface area contributed by atoms with Gasteiger partial charge in [0.2, 0.25) is 0 Å². The molecule has 2 heteroatoms. The fourth-order valence-corrected chi connectivity index (χ4v) is 1.69. The molecule has 1 N–H and O–H groups in total. The zero-order valence-corrected chi connectivity index (χ0v) is 8.85. The molecule has 0 aliphatic rings. The topological polar surface area (TPSA) is 25.2 Å². The van der Waals surface area contributed by atoms with Crippen molar-refractivity contribution in [1.82, 2.24) is 4.57 Å². The zero-order chi connectivity index (χ0) is 10.7. The molecule has 0 bridgehead atoms. The number of nitrogens with zero attached hydrogens (tertiary/aromatic N) is 1. The highest BCUT2D eigenvalue weighted by Crippen LogP contribution is 2.14. The summed E-state index contributed by atoms with van der Waals surface area (Å²) in [6, 6.07) is 12.3. The van der Waals surface area contributed by atoms with Gasteiger partial charge in [-0.25, -0.2) is 0 Å². The van der Waals surface area contributed by atoms with E-state index in [4.69, 9.17) is 5.11 Å². The molecule has 1 aromatic heterocycles. The molecule has 0 unspecified atom stereocenters. The number of hydrogen-bond acceptors (Lipinski definition) is 1. The molecular formula is C13H15NO. The van der Waals surface area contributed by atoms with Crippen LogP contribution in [0, 0.1) is 0 Å². The fourth-order valence-electron chi connectivity index (χ4n) is 1.69. The van der Waals surface area contributed by atoms with Crippen LogP contribution in [-0.2, 0) is 13.0 Å². The molecule has 0 atom stereocenters. The molecule has 0 aliphatic carbocycles. The average molecular weight is 201 g/mol. The Balaban J connectivity index is 2.37. The quantitative estimate of drug-likeness (QED) is 0.811. The summed E-state index contributed by atoms with van der Waals surface area (Å²) in [6.07, 6.45) is 3.02. The van der Waals surface area contributed by atoms with E-state index in [1.54, 1.807) is 0 Å². The first-order chi connectivity index (χ1) is 7.35. The van der Waals surface area contributed by atoms with Crippen molar-refractivity contribution in [2.45, 2.75) is 20.0 Å². The SMILES string of the molecule is CCc1ccc(-n2cccc2CO)cc1. The highest BCUT2D eigenvalue weighted by atomic mass is 16.3. The lowest BCUT2D eigenvalue weighted by atomic mass is 10.1. The van der Waals surface area contributed by atoms with Crippen molar-refractivity contribution >= 4 is 0 Å². The highest BCUT2D eigenvalue weighted by molar-refractivity contribution is 5.37. The smallest absolute Gasteiger partial charge is 0.0836 e. The largest absolute Gasteiger partial charge is 0.390 e. The number of hydrogen-bond donors (Lipinski definition) is 1. The maximum atomic E-state index is 9.15. The second kappa shape index (κ2) is 4.32. The molecule has 78 valence electrons. The van der Waals surface area contributed by atoms with Crippen molar-refractivity contribution in [1.29, 1.82) is 0 Å². The van der Waals surface area contributed by atoms with E-state index in [2.05, 4.69) is 31.2 Å². The van der Waals surface area contributed by atoms with Crippen LogP contribution in [-0.4, -0.2) is 9.67 Å². The third-order valence-electron chi connectivity index (χ3n) is 2.62. The summed E-state index contributed by atoms with van der Waals surface area (Å²) in [7, 11) is 0. The van der Waals surface area contributed by atoms with Crippen LogP contribution in [0.15, 0.2) is 42.6 Å². The second-order valence-corrected chi connectivity index (χ2v) is 3.55. The molecule has 1 heterocycles. The Morgan fingerprint density at radius 1 is 1.13 bits per heavy atom. The molecule has 15 heavy (non-hydrogen) atoms. The molecule has 0 saturated carbocycles. The Bertz CT molecular complexity index is 428. The molecule has 1 aromatic carbocycles. The van der Waals surface area contributed by atoms with E-state index in [0.29, 0.717) is 0 Å². The van der Waals surface area contributed by atoms with Gasteiger partial charge in [-0.15, -0.1) is 0 Å². The summed E-state index contributed by atoms with van der Waals surface area (Å²) in [6.45, 7) is 2.21. The van der Waals surface area contributed by atoms with E-state index in [-0.39, 0.29) is 6.61 Å². The van der Waals surface area contributed by atoms with Crippen molar-refractivity contribution < 1.29 is 5.11 Å². The molecule has 0 saturated heterocycles. The monoisotopic (exact) mass is 201 g/mol. The fraction of sp³-hybridized carbons (Fsp3) is 0.231. The van der Waals surface area contributed by atoms with Gasteiger partial charge < -0.3 is 9.67 Å². The average Bonchev–Trinajstić information content (AvgIpc) is 2.77. The normalized spacial score (nSPS) is 10.5. The molecule has 0 amide bonds. The van der Waals surface area contributed by atoms with Crippen LogP contribution in [0.3, 0.4) is 0 Å². The lowest BCUT2D eigenvalue weighted by molar-refractivity contribution is 0.274. The summed E-state index contributed by atoms with van der Waals surface area (Å²) in [4.78, 5) is 0. The van der Waals surface area contributed by atoms with Gasteiger partial charge in [0.25, 0.3) is 0 Å². The van der Waals surface area contributed by atoms with Crippen LogP contribution in [0.1, 0.15) is 18.2 Å². The molecule has 0 radical (unpaired) electrons. The first-order valence-electron chi connectivity index (χ1n) is 5.21. The van der Waals surface area contributed by atoms with Crippen LogP contribution >= 0.6 is 0 Å². The van der Waals surface area contributed by atoms with Gasteiger partial charge in [-0.05, 0) is 36.2 Å². The summed E-state index contributed by atoms with van der Waals surface area (Å²) in [5.74, 6) is 0. The van der Waals surface area contributed by atoms with Crippen LogP contribution in [0.25, 0.3) is 5.69 Å². The van der Waals surface area contributed by atoms with E-state index >= 15 is 0 Å². The Hall–Kier alpha value is -1.54. The maximum Gasteiger partial charge on any atom is 0.0836 e. The molecule has 0 fully saturated rings. The summed E-state index contributed by atoms with van der Waals surface area (Å²) in [5.41, 5.74) is 3.34. The Kier molecular flexibility index (Phi) is 2.88. The van der Waals surface area contributed by atoms with Crippen molar-refractivity contribution in [3.63, 3.8) is 0 Å². The molecule has 2 aromatic rings. The lowest BCUT2D eigenvalue weighted by Crippen LogP contribution is -1.98. The van der Waals surface area contributed by atoms with Crippen LogP contribution in [0.4, 0.5) is 0 Å². The van der Waals surface area contributed by atoms with Gasteiger partial charge in [-0.1, -0.05) is 19.1 Å². The van der Waals surface area contributed by atoms with Crippen LogP contribution < -0.4 is 0 Å². The molecule has 0 aliphatic heterocycles. The van der Waals surface area contributed by atoms with Crippen molar-refractivity contribution in [3.05, 3.63) is 53.9 Å². The van der Waals surface area contributed by atoms with E-state index in [1.165, 1.54) is 5.56 Å². The third kappa shape index (κ3) is 1.95. The number of benzene rings is 1. The molecular weight excluding hydrogens is 186 g/mol. The lowest BCUT2D eigenvalue weighted by Gasteiger charge is -2.07. The number of aryl methyl sites for hydroxylation is 1. The van der Waals surface area contributed by atoms with Crippen LogP contribution in [0.2, 0.25) is 0 Å². The predicted molar refractivity (Wildman–Crippen MR) is 61.1 cm³/mol. The Morgan fingerprint density at radius 2 is 1.87 bits per heavy atom. The Labute approximate surface area is 89.8 Å². The Morgan fingerprint density at radius 3 is 2.47 bits per heavy atom. The second-order valence-electron chi connectivity index (χ2n) is 3.55. The number of rotatable bonds is 3. The maximum absolute atomic E-state index is 9.15. The van der Waals surface area contributed by atoms with E-state index in [0.717, 1.165) is 17.8 Å². The number of aromatic nitrogens is 1. The van der Waals surface area contributed by atoms with Gasteiger partial charge in [0, 0.05) is 17.6 Å². The number of aliphatic hydroxyl groups excluding tert-OH is 1. The number of aliphatic hydroxyl groups is 1. The molecule has 2 nitrogen and oxygen atoms in total. The zero-order valence-electron chi connectivity index (χ0n) is 8.85. The van der Waals surface area contributed by atoms with Gasteiger partial charge in [0.1, 0.15) is 0 Å². The molecule has 0 spiro atoms. The van der Waals surface area contributed by atoms with Crippen molar-refractivity contribution in [2.24, 2.45) is 0 Å².